The summed E-state index contributed by atoms with van der Waals surface area (Å²) in [5.41, 5.74) is 1.29. The van der Waals surface area contributed by atoms with Crippen molar-refractivity contribution in [1.29, 1.82) is 0 Å². The van der Waals surface area contributed by atoms with E-state index in [9.17, 15) is 4.79 Å². The van der Waals surface area contributed by atoms with Gasteiger partial charge in [0.2, 0.25) is 0 Å². The van der Waals surface area contributed by atoms with Crippen molar-refractivity contribution in [2.45, 2.75) is 26.2 Å². The quantitative estimate of drug-likeness (QED) is 0.669. The van der Waals surface area contributed by atoms with E-state index in [0.717, 1.165) is 22.9 Å². The summed E-state index contributed by atoms with van der Waals surface area (Å²) >= 11 is 0. The molecule has 15 heavy (non-hydrogen) atoms. The average molecular weight is 203 g/mol. The number of aldehydes is 1. The van der Waals surface area contributed by atoms with Crippen LogP contribution in [0.15, 0.2) is 22.7 Å². The zero-order valence-corrected chi connectivity index (χ0v) is 9.07. The molecule has 0 saturated carbocycles. The Morgan fingerprint density at radius 2 is 2.07 bits per heavy atom. The molecule has 0 spiro atoms. The summed E-state index contributed by atoms with van der Waals surface area (Å²) in [6.07, 6.45) is 0.810. The molecule has 1 heterocycles. The number of nitrogens with zero attached hydrogens (tertiary/aromatic N) is 1. The van der Waals surface area contributed by atoms with Crippen LogP contribution in [0.1, 0.15) is 36.9 Å². The maximum absolute atomic E-state index is 10.6. The molecule has 0 N–H and O–H groups in total. The molecule has 0 bridgehead atoms. The highest BCUT2D eigenvalue weighted by atomic mass is 16.5. The Morgan fingerprint density at radius 3 is 2.67 bits per heavy atom. The fraction of sp³-hybridized carbons (Fsp3) is 0.333. The lowest BCUT2D eigenvalue weighted by atomic mass is 9.91. The third-order valence-corrected chi connectivity index (χ3v) is 2.32. The zero-order chi connectivity index (χ0) is 11.1. The van der Waals surface area contributed by atoms with Crippen molar-refractivity contribution >= 4 is 17.2 Å². The number of hydrogen-bond donors (Lipinski definition) is 0. The molecular formula is C12H13NO2. The number of aromatic nitrogens is 1. The molecule has 0 aliphatic heterocycles. The second kappa shape index (κ2) is 3.19. The summed E-state index contributed by atoms with van der Waals surface area (Å²) in [6.45, 7) is 6.21. The molecule has 0 radical (unpaired) electrons. The van der Waals surface area contributed by atoms with Crippen LogP contribution >= 0.6 is 0 Å². The van der Waals surface area contributed by atoms with Crippen LogP contribution in [0.5, 0.6) is 0 Å². The molecule has 1 aromatic carbocycles. The molecule has 3 nitrogen and oxygen atoms in total. The Bertz CT molecular complexity index is 506. The normalized spacial score (nSPS) is 11.9. The van der Waals surface area contributed by atoms with Crippen LogP contribution in [-0.4, -0.2) is 11.4 Å². The smallest absolute Gasteiger partial charge is 0.150 e. The van der Waals surface area contributed by atoms with Gasteiger partial charge in [-0.2, -0.15) is 0 Å². The van der Waals surface area contributed by atoms with Gasteiger partial charge < -0.3 is 4.52 Å². The lowest BCUT2D eigenvalue weighted by Gasteiger charge is -2.13. The molecule has 0 unspecified atom stereocenters. The van der Waals surface area contributed by atoms with Crippen molar-refractivity contribution in [3.63, 3.8) is 0 Å². The van der Waals surface area contributed by atoms with Crippen LogP contribution in [0, 0.1) is 0 Å². The first-order chi connectivity index (χ1) is 7.02. The van der Waals surface area contributed by atoms with Gasteiger partial charge in [-0.05, 0) is 12.1 Å². The van der Waals surface area contributed by atoms with E-state index in [4.69, 9.17) is 4.52 Å². The zero-order valence-electron chi connectivity index (χ0n) is 9.07. The van der Waals surface area contributed by atoms with Gasteiger partial charge in [0.15, 0.2) is 0 Å². The van der Waals surface area contributed by atoms with E-state index in [-0.39, 0.29) is 5.41 Å². The molecular weight excluding hydrogens is 190 g/mol. The molecule has 0 amide bonds. The molecule has 0 fully saturated rings. The maximum Gasteiger partial charge on any atom is 0.150 e. The maximum atomic E-state index is 10.6. The molecule has 0 aliphatic carbocycles. The summed E-state index contributed by atoms with van der Waals surface area (Å²) in [6, 6.07) is 5.40. The first kappa shape index (κ1) is 9.90. The summed E-state index contributed by atoms with van der Waals surface area (Å²) in [5, 5.41) is 4.94. The number of benzene rings is 1. The first-order valence-electron chi connectivity index (χ1n) is 4.87. The van der Waals surface area contributed by atoms with Gasteiger partial charge in [0.25, 0.3) is 0 Å². The number of rotatable bonds is 1. The van der Waals surface area contributed by atoms with Crippen LogP contribution in [-0.2, 0) is 5.41 Å². The third kappa shape index (κ3) is 1.65. The predicted octanol–water partition coefficient (Wildman–Crippen LogP) is 2.94. The summed E-state index contributed by atoms with van der Waals surface area (Å²) in [7, 11) is 0. The van der Waals surface area contributed by atoms with Crippen LogP contribution in [0.4, 0.5) is 0 Å². The number of carbonyl (C=O) groups is 1. The fourth-order valence-electron chi connectivity index (χ4n) is 1.57. The van der Waals surface area contributed by atoms with Gasteiger partial charge in [-0.25, -0.2) is 0 Å². The molecule has 2 aromatic rings. The Balaban J connectivity index is 2.67. The number of fused-ring (bicyclic) bond motifs is 1. The molecule has 78 valence electrons. The van der Waals surface area contributed by atoms with Gasteiger partial charge >= 0.3 is 0 Å². The SMILES string of the molecule is CC(C)(C)c1onc2cc(C=O)ccc12. The summed E-state index contributed by atoms with van der Waals surface area (Å²) in [5.74, 6) is 0.856. The van der Waals surface area contributed by atoms with Gasteiger partial charge in [-0.1, -0.05) is 32.0 Å². The molecule has 3 heteroatoms. The van der Waals surface area contributed by atoms with Crippen molar-refractivity contribution < 1.29 is 9.32 Å². The number of carbonyl (C=O) groups excluding carboxylic acids is 1. The Labute approximate surface area is 88.1 Å². The van der Waals surface area contributed by atoms with Gasteiger partial charge in [-0.3, -0.25) is 4.79 Å². The molecule has 0 aliphatic rings. The van der Waals surface area contributed by atoms with Crippen molar-refractivity contribution in [2.75, 3.05) is 0 Å². The van der Waals surface area contributed by atoms with Gasteiger partial charge in [-0.15, -0.1) is 0 Å². The minimum absolute atomic E-state index is 0.0720. The molecule has 0 atom stereocenters. The van der Waals surface area contributed by atoms with Crippen molar-refractivity contribution in [1.82, 2.24) is 5.16 Å². The van der Waals surface area contributed by atoms with E-state index >= 15 is 0 Å². The monoisotopic (exact) mass is 203 g/mol. The standard InChI is InChI=1S/C12H13NO2/c1-12(2,3)11-9-5-4-8(7-14)6-10(9)13-15-11/h4-7H,1-3H3. The third-order valence-electron chi connectivity index (χ3n) is 2.32. The van der Waals surface area contributed by atoms with Crippen LogP contribution in [0.2, 0.25) is 0 Å². The largest absolute Gasteiger partial charge is 0.360 e. The minimum atomic E-state index is -0.0720. The minimum Gasteiger partial charge on any atom is -0.360 e. The van der Waals surface area contributed by atoms with Gasteiger partial charge in [0.05, 0.1) is 0 Å². The molecule has 1 aromatic heterocycles. The predicted molar refractivity (Wildman–Crippen MR) is 58.1 cm³/mol. The lowest BCUT2D eigenvalue weighted by Crippen LogP contribution is -2.09. The lowest BCUT2D eigenvalue weighted by molar-refractivity contribution is 0.112. The van der Waals surface area contributed by atoms with Crippen molar-refractivity contribution in [3.05, 3.63) is 29.5 Å². The van der Waals surface area contributed by atoms with Crippen molar-refractivity contribution in [2.24, 2.45) is 0 Å². The van der Waals surface area contributed by atoms with Gasteiger partial charge in [0, 0.05) is 16.4 Å². The Morgan fingerprint density at radius 1 is 1.33 bits per heavy atom. The van der Waals surface area contributed by atoms with E-state index in [1.807, 2.05) is 6.07 Å². The number of hydrogen-bond acceptors (Lipinski definition) is 3. The molecule has 2 rings (SSSR count). The highest BCUT2D eigenvalue weighted by Gasteiger charge is 2.22. The topological polar surface area (TPSA) is 43.1 Å². The summed E-state index contributed by atoms with van der Waals surface area (Å²) in [4.78, 5) is 10.6. The van der Waals surface area contributed by atoms with Gasteiger partial charge in [0.1, 0.15) is 17.6 Å². The Kier molecular flexibility index (Phi) is 2.11. The van der Waals surface area contributed by atoms with E-state index in [0.29, 0.717) is 5.56 Å². The summed E-state index contributed by atoms with van der Waals surface area (Å²) < 4.78 is 5.31. The van der Waals surface area contributed by atoms with E-state index in [1.54, 1.807) is 12.1 Å². The van der Waals surface area contributed by atoms with Crippen LogP contribution < -0.4 is 0 Å². The highest BCUT2D eigenvalue weighted by Crippen LogP contribution is 2.29. The van der Waals surface area contributed by atoms with Crippen LogP contribution in [0.3, 0.4) is 0 Å². The van der Waals surface area contributed by atoms with E-state index < -0.39 is 0 Å². The van der Waals surface area contributed by atoms with E-state index in [1.165, 1.54) is 0 Å². The first-order valence-corrected chi connectivity index (χ1v) is 4.87. The second-order valence-electron chi connectivity index (χ2n) is 4.66. The fourth-order valence-corrected chi connectivity index (χ4v) is 1.57. The highest BCUT2D eigenvalue weighted by molar-refractivity contribution is 5.87. The molecule has 0 saturated heterocycles. The van der Waals surface area contributed by atoms with Crippen LogP contribution in [0.25, 0.3) is 10.9 Å². The average Bonchev–Trinajstić information content (AvgIpc) is 2.59. The van der Waals surface area contributed by atoms with E-state index in [2.05, 4.69) is 25.9 Å². The Hall–Kier alpha value is -1.64. The second-order valence-corrected chi connectivity index (χ2v) is 4.66. The van der Waals surface area contributed by atoms with Crippen molar-refractivity contribution in [3.8, 4) is 0 Å².